The number of fused-ring (bicyclic) bond motifs is 1. The monoisotopic (exact) mass is 325 g/mol. The van der Waals surface area contributed by atoms with Crippen LogP contribution in [0.1, 0.15) is 20.3 Å². The van der Waals surface area contributed by atoms with Crippen molar-refractivity contribution in [3.63, 3.8) is 0 Å². The molecule has 24 heavy (non-hydrogen) atoms. The number of carboxylic acids is 1. The Balaban J connectivity index is 1.98. The Labute approximate surface area is 139 Å². The molecule has 2 N–H and O–H groups in total. The van der Waals surface area contributed by atoms with Crippen LogP contribution in [0.3, 0.4) is 0 Å². The van der Waals surface area contributed by atoms with Crippen molar-refractivity contribution in [1.82, 2.24) is 19.7 Å². The zero-order valence-electron chi connectivity index (χ0n) is 13.5. The molecule has 1 atom stereocenters. The summed E-state index contributed by atoms with van der Waals surface area (Å²) in [5, 5.41) is 17.5. The Morgan fingerprint density at radius 1 is 1.25 bits per heavy atom. The van der Waals surface area contributed by atoms with Gasteiger partial charge in [0.05, 0.1) is 17.3 Å². The van der Waals surface area contributed by atoms with Crippen LogP contribution in [0.4, 0.5) is 5.82 Å². The molecule has 0 spiro atoms. The third-order valence-corrected chi connectivity index (χ3v) is 3.68. The van der Waals surface area contributed by atoms with Gasteiger partial charge in [-0.15, -0.1) is 0 Å². The molecule has 2 aromatic heterocycles. The van der Waals surface area contributed by atoms with Gasteiger partial charge in [-0.2, -0.15) is 5.10 Å². The molecule has 7 nitrogen and oxygen atoms in total. The lowest BCUT2D eigenvalue weighted by Crippen LogP contribution is -2.31. The van der Waals surface area contributed by atoms with Gasteiger partial charge in [0, 0.05) is 0 Å². The predicted molar refractivity (Wildman–Crippen MR) is 91.2 cm³/mol. The molecule has 3 rings (SSSR count). The molecule has 0 radical (unpaired) electrons. The average molecular weight is 325 g/mol. The lowest BCUT2D eigenvalue weighted by atomic mass is 10.0. The minimum Gasteiger partial charge on any atom is -0.480 e. The van der Waals surface area contributed by atoms with Crippen molar-refractivity contribution in [3.8, 4) is 5.69 Å². The summed E-state index contributed by atoms with van der Waals surface area (Å²) in [5.74, 6) is -0.163. The molecule has 2 heterocycles. The van der Waals surface area contributed by atoms with Crippen LogP contribution in [0.25, 0.3) is 16.7 Å². The number of hydrogen-bond acceptors (Lipinski definition) is 5. The number of rotatable bonds is 6. The van der Waals surface area contributed by atoms with Crippen LogP contribution in [0, 0.1) is 5.92 Å². The lowest BCUT2D eigenvalue weighted by Gasteiger charge is -2.17. The fraction of sp³-hybridized carbons (Fsp3) is 0.294. The topological polar surface area (TPSA) is 92.9 Å². The van der Waals surface area contributed by atoms with Gasteiger partial charge >= 0.3 is 5.97 Å². The van der Waals surface area contributed by atoms with E-state index in [1.54, 1.807) is 10.9 Å². The maximum absolute atomic E-state index is 11.5. The van der Waals surface area contributed by atoms with E-state index < -0.39 is 12.0 Å². The number of aliphatic carboxylic acids is 1. The molecular formula is C17H19N5O2. The zero-order valence-corrected chi connectivity index (χ0v) is 13.5. The van der Waals surface area contributed by atoms with Crippen LogP contribution in [0.15, 0.2) is 42.9 Å². The lowest BCUT2D eigenvalue weighted by molar-refractivity contribution is -0.138. The van der Waals surface area contributed by atoms with Crippen LogP contribution in [0.5, 0.6) is 0 Å². The number of nitrogens with zero attached hydrogens (tertiary/aromatic N) is 4. The Hall–Kier alpha value is -2.96. The molecule has 1 aromatic carbocycles. The smallest absolute Gasteiger partial charge is 0.326 e. The van der Waals surface area contributed by atoms with E-state index in [9.17, 15) is 9.90 Å². The highest BCUT2D eigenvalue weighted by molar-refractivity contribution is 5.89. The SMILES string of the molecule is CC(C)C[C@H](Nc1ncnc2c1cnn2-c1ccccc1)C(=O)O. The molecule has 0 unspecified atom stereocenters. The molecule has 0 aliphatic rings. The first-order chi connectivity index (χ1) is 11.6. The van der Waals surface area contributed by atoms with E-state index in [1.165, 1.54) is 6.33 Å². The van der Waals surface area contributed by atoms with E-state index in [-0.39, 0.29) is 5.92 Å². The highest BCUT2D eigenvalue weighted by atomic mass is 16.4. The van der Waals surface area contributed by atoms with Crippen molar-refractivity contribution >= 4 is 22.8 Å². The quantitative estimate of drug-likeness (QED) is 0.724. The van der Waals surface area contributed by atoms with Crippen molar-refractivity contribution in [3.05, 3.63) is 42.9 Å². The van der Waals surface area contributed by atoms with E-state index in [4.69, 9.17) is 0 Å². The van der Waals surface area contributed by atoms with Crippen molar-refractivity contribution in [2.45, 2.75) is 26.3 Å². The molecule has 0 aliphatic carbocycles. The third-order valence-electron chi connectivity index (χ3n) is 3.68. The number of carboxylic acid groups (broad SMARTS) is 1. The fourth-order valence-electron chi connectivity index (χ4n) is 2.58. The summed E-state index contributed by atoms with van der Waals surface area (Å²) in [4.78, 5) is 20.0. The summed E-state index contributed by atoms with van der Waals surface area (Å²) in [6.45, 7) is 3.97. The third kappa shape index (κ3) is 3.19. The normalized spacial score (nSPS) is 12.5. The molecule has 0 aliphatic heterocycles. The second-order valence-electron chi connectivity index (χ2n) is 6.02. The minimum atomic E-state index is -0.897. The van der Waals surface area contributed by atoms with Crippen LogP contribution in [-0.2, 0) is 4.79 Å². The summed E-state index contributed by atoms with van der Waals surface area (Å²) in [7, 11) is 0. The Morgan fingerprint density at radius 2 is 2.00 bits per heavy atom. The Kier molecular flexibility index (Phi) is 4.41. The second kappa shape index (κ2) is 6.66. The number of carbonyl (C=O) groups is 1. The zero-order chi connectivity index (χ0) is 17.1. The number of para-hydroxylation sites is 1. The first kappa shape index (κ1) is 15.9. The van der Waals surface area contributed by atoms with Gasteiger partial charge in [0.25, 0.3) is 0 Å². The predicted octanol–water partition coefficient (Wildman–Crippen LogP) is 2.73. The number of anilines is 1. The molecule has 0 saturated carbocycles. The molecular weight excluding hydrogens is 306 g/mol. The van der Waals surface area contributed by atoms with Gasteiger partial charge in [-0.3, -0.25) is 0 Å². The molecule has 0 amide bonds. The van der Waals surface area contributed by atoms with Gasteiger partial charge in [-0.05, 0) is 24.5 Å². The van der Waals surface area contributed by atoms with E-state index in [0.29, 0.717) is 23.3 Å². The van der Waals surface area contributed by atoms with E-state index in [0.717, 1.165) is 5.69 Å². The summed E-state index contributed by atoms with van der Waals surface area (Å²) >= 11 is 0. The van der Waals surface area contributed by atoms with Gasteiger partial charge in [-0.25, -0.2) is 19.4 Å². The molecule has 124 valence electrons. The molecule has 0 bridgehead atoms. The highest BCUT2D eigenvalue weighted by Gasteiger charge is 2.21. The first-order valence-corrected chi connectivity index (χ1v) is 7.79. The molecule has 0 fully saturated rings. The van der Waals surface area contributed by atoms with Gasteiger partial charge in [-0.1, -0.05) is 32.0 Å². The summed E-state index contributed by atoms with van der Waals surface area (Å²) < 4.78 is 1.71. The van der Waals surface area contributed by atoms with Crippen molar-refractivity contribution in [2.75, 3.05) is 5.32 Å². The van der Waals surface area contributed by atoms with Crippen molar-refractivity contribution in [1.29, 1.82) is 0 Å². The number of benzene rings is 1. The number of hydrogen-bond donors (Lipinski definition) is 2. The number of nitrogens with one attached hydrogen (secondary N) is 1. The average Bonchev–Trinajstić information content (AvgIpc) is 2.99. The summed E-state index contributed by atoms with van der Waals surface area (Å²) in [5.41, 5.74) is 1.52. The van der Waals surface area contributed by atoms with Crippen LogP contribution in [0.2, 0.25) is 0 Å². The minimum absolute atomic E-state index is 0.253. The molecule has 7 heteroatoms. The molecule has 0 saturated heterocycles. The molecule has 3 aromatic rings. The van der Waals surface area contributed by atoms with Gasteiger partial charge in [0.15, 0.2) is 5.65 Å². The summed E-state index contributed by atoms with van der Waals surface area (Å²) in [6, 6.07) is 8.93. The van der Waals surface area contributed by atoms with E-state index >= 15 is 0 Å². The second-order valence-corrected chi connectivity index (χ2v) is 6.02. The summed E-state index contributed by atoms with van der Waals surface area (Å²) in [6.07, 6.45) is 3.58. The van der Waals surface area contributed by atoms with Crippen LogP contribution >= 0.6 is 0 Å². The van der Waals surface area contributed by atoms with Crippen LogP contribution in [-0.4, -0.2) is 36.9 Å². The van der Waals surface area contributed by atoms with Crippen molar-refractivity contribution < 1.29 is 9.90 Å². The maximum Gasteiger partial charge on any atom is 0.326 e. The Bertz CT molecular complexity index is 845. The Morgan fingerprint density at radius 3 is 2.67 bits per heavy atom. The first-order valence-electron chi connectivity index (χ1n) is 7.79. The fourth-order valence-corrected chi connectivity index (χ4v) is 2.58. The van der Waals surface area contributed by atoms with Crippen LogP contribution < -0.4 is 5.32 Å². The largest absolute Gasteiger partial charge is 0.480 e. The van der Waals surface area contributed by atoms with E-state index in [1.807, 2.05) is 44.2 Å². The van der Waals surface area contributed by atoms with E-state index in [2.05, 4.69) is 20.4 Å². The van der Waals surface area contributed by atoms with Gasteiger partial charge < -0.3 is 10.4 Å². The highest BCUT2D eigenvalue weighted by Crippen LogP contribution is 2.23. The number of aromatic nitrogens is 4. The standard InChI is InChI=1S/C17H19N5O2/c1-11(2)8-14(17(23)24)21-15-13-9-20-22(16(13)19-10-18-15)12-6-4-3-5-7-12/h3-7,9-11,14H,8H2,1-2H3,(H,23,24)(H,18,19,21)/t14-/m0/s1. The van der Waals surface area contributed by atoms with Gasteiger partial charge in [0.1, 0.15) is 18.2 Å². The van der Waals surface area contributed by atoms with Gasteiger partial charge in [0.2, 0.25) is 0 Å². The maximum atomic E-state index is 11.5. The van der Waals surface area contributed by atoms with Crippen molar-refractivity contribution in [2.24, 2.45) is 5.92 Å².